The van der Waals surface area contributed by atoms with Gasteiger partial charge in [-0.3, -0.25) is 19.3 Å². The van der Waals surface area contributed by atoms with Crippen molar-refractivity contribution in [3.8, 4) is 11.5 Å². The van der Waals surface area contributed by atoms with Crippen LogP contribution >= 0.6 is 23.2 Å². The Bertz CT molecular complexity index is 1250. The zero-order chi connectivity index (χ0) is 26.4. The molecule has 2 aliphatic carbocycles. The molecule has 1 saturated heterocycles. The fraction of sp³-hybridized carbons (Fsp3) is 0.385. The number of imide groups is 1. The lowest BCUT2D eigenvalue weighted by atomic mass is 9.80. The number of rotatable bonds is 7. The van der Waals surface area contributed by atoms with Crippen molar-refractivity contribution < 1.29 is 33.4 Å². The first-order valence-corrected chi connectivity index (χ1v) is 12.6. The normalized spacial score (nSPS) is 27.7. The molecule has 5 rings (SSSR count). The molecule has 0 aromatic heterocycles. The second kappa shape index (κ2) is 9.87. The Balaban J connectivity index is 1.25. The maximum Gasteiger partial charge on any atom is 0.338 e. The van der Waals surface area contributed by atoms with Crippen molar-refractivity contribution >= 4 is 58.3 Å². The number of alkyl halides is 2. The number of hydrogen-bond donors (Lipinski definition) is 1. The summed E-state index contributed by atoms with van der Waals surface area (Å²) >= 11 is 12.8. The number of esters is 1. The number of methoxy groups -OCH3 is 2. The van der Waals surface area contributed by atoms with Crippen LogP contribution in [-0.4, -0.2) is 55.3 Å². The lowest BCUT2D eigenvalue weighted by molar-refractivity contribution is -0.123. The summed E-state index contributed by atoms with van der Waals surface area (Å²) in [6.45, 7) is -0.554. The number of carbonyl (C=O) groups excluding carboxylic acids is 4. The Morgan fingerprint density at radius 2 is 1.65 bits per heavy atom. The molecule has 0 spiro atoms. The van der Waals surface area contributed by atoms with Crippen LogP contribution in [0.4, 0.5) is 11.4 Å². The van der Waals surface area contributed by atoms with Gasteiger partial charge in [0.1, 0.15) is 11.5 Å². The van der Waals surface area contributed by atoms with Crippen molar-refractivity contribution in [3.05, 3.63) is 48.0 Å². The SMILES string of the molecule is COc1ccc(NC(=O)COC(=O)c2cccc(N3C(=O)[C@@H]4[C@H]5C[C@@H]([C@H](Cl)[C@H]5Cl)[C@H]4C3=O)c2)c(OC)c1. The minimum Gasteiger partial charge on any atom is -0.497 e. The first kappa shape index (κ1) is 25.4. The Morgan fingerprint density at radius 3 is 2.27 bits per heavy atom. The molecule has 2 saturated carbocycles. The van der Waals surface area contributed by atoms with Gasteiger partial charge in [0.25, 0.3) is 5.91 Å². The molecule has 37 heavy (non-hydrogen) atoms. The van der Waals surface area contributed by atoms with Gasteiger partial charge < -0.3 is 19.5 Å². The highest BCUT2D eigenvalue weighted by Gasteiger charge is 2.66. The first-order valence-electron chi connectivity index (χ1n) is 11.7. The first-order chi connectivity index (χ1) is 17.7. The largest absolute Gasteiger partial charge is 0.497 e. The van der Waals surface area contributed by atoms with Crippen molar-refractivity contribution in [3.63, 3.8) is 0 Å². The van der Waals surface area contributed by atoms with Gasteiger partial charge in [-0.15, -0.1) is 23.2 Å². The topological polar surface area (TPSA) is 111 Å². The van der Waals surface area contributed by atoms with E-state index < -0.39 is 30.3 Å². The van der Waals surface area contributed by atoms with E-state index in [9.17, 15) is 19.2 Å². The standard InChI is InChI=1S/C26H24Cl2N2O7/c1-35-14-6-7-17(18(9-14)36-2)29-19(31)11-37-26(34)12-4-3-5-13(8-12)30-24(32)20-15-10-16(21(20)25(30)33)23(28)22(15)27/h3-9,15-16,20-23H,10-11H2,1-2H3,(H,29,31)/t15-,16-,20-,21-,22+,23+/m1/s1. The van der Waals surface area contributed by atoms with Crippen LogP contribution in [0.15, 0.2) is 42.5 Å². The van der Waals surface area contributed by atoms with Crippen LogP contribution < -0.4 is 19.7 Å². The fourth-order valence-electron chi connectivity index (χ4n) is 5.68. The van der Waals surface area contributed by atoms with Crippen LogP contribution in [0.5, 0.6) is 11.5 Å². The molecular weight excluding hydrogens is 523 g/mol. The van der Waals surface area contributed by atoms with Crippen molar-refractivity contribution in [2.24, 2.45) is 23.7 Å². The second-order valence-corrected chi connectivity index (χ2v) is 10.3. The number of amides is 3. The maximum absolute atomic E-state index is 13.2. The number of fused-ring (bicyclic) bond motifs is 5. The van der Waals surface area contributed by atoms with Crippen LogP contribution in [0.25, 0.3) is 0 Å². The maximum atomic E-state index is 13.2. The van der Waals surface area contributed by atoms with Crippen molar-refractivity contribution in [2.75, 3.05) is 31.0 Å². The molecule has 11 heteroatoms. The molecule has 194 valence electrons. The van der Waals surface area contributed by atoms with Gasteiger partial charge in [0, 0.05) is 6.07 Å². The number of nitrogens with zero attached hydrogens (tertiary/aromatic N) is 1. The zero-order valence-electron chi connectivity index (χ0n) is 20.0. The van der Waals surface area contributed by atoms with Crippen molar-refractivity contribution in [1.82, 2.24) is 0 Å². The third kappa shape index (κ3) is 4.30. The van der Waals surface area contributed by atoms with Gasteiger partial charge in [0.15, 0.2) is 6.61 Å². The van der Waals surface area contributed by atoms with Crippen molar-refractivity contribution in [2.45, 2.75) is 17.2 Å². The van der Waals surface area contributed by atoms with Gasteiger partial charge in [0.2, 0.25) is 11.8 Å². The smallest absolute Gasteiger partial charge is 0.338 e. The van der Waals surface area contributed by atoms with Gasteiger partial charge in [-0.25, -0.2) is 4.79 Å². The minimum atomic E-state index is -0.778. The van der Waals surface area contributed by atoms with Crippen LogP contribution in [0.1, 0.15) is 16.8 Å². The van der Waals surface area contributed by atoms with E-state index in [1.807, 2.05) is 0 Å². The molecule has 2 bridgehead atoms. The Morgan fingerprint density at radius 1 is 0.973 bits per heavy atom. The molecule has 3 amide bonds. The molecule has 6 atom stereocenters. The van der Waals surface area contributed by atoms with Crippen molar-refractivity contribution in [1.29, 1.82) is 0 Å². The van der Waals surface area contributed by atoms with E-state index in [-0.39, 0.29) is 45.7 Å². The van der Waals surface area contributed by atoms with Gasteiger partial charge >= 0.3 is 5.97 Å². The lowest BCUT2D eigenvalue weighted by Gasteiger charge is -2.28. The van der Waals surface area contributed by atoms with Crippen LogP contribution in [0.2, 0.25) is 0 Å². The fourth-order valence-corrected chi connectivity index (χ4v) is 6.57. The Labute approximate surface area is 222 Å². The molecule has 2 aromatic rings. The summed E-state index contributed by atoms with van der Waals surface area (Å²) in [6.07, 6.45) is 0.666. The van der Waals surface area contributed by atoms with Crippen LogP contribution in [-0.2, 0) is 19.1 Å². The average Bonchev–Trinajstić information content (AvgIpc) is 3.52. The highest BCUT2D eigenvalue weighted by molar-refractivity contribution is 6.32. The van der Waals surface area contributed by atoms with E-state index in [2.05, 4.69) is 5.32 Å². The van der Waals surface area contributed by atoms with Crippen LogP contribution in [0, 0.1) is 23.7 Å². The van der Waals surface area contributed by atoms with Gasteiger partial charge in [0.05, 0.1) is 53.7 Å². The second-order valence-electron chi connectivity index (χ2n) is 9.26. The monoisotopic (exact) mass is 546 g/mol. The molecule has 0 radical (unpaired) electrons. The summed E-state index contributed by atoms with van der Waals surface area (Å²) in [4.78, 5) is 52.6. The lowest BCUT2D eigenvalue weighted by Crippen LogP contribution is -2.37. The summed E-state index contributed by atoms with van der Waals surface area (Å²) in [6, 6.07) is 10.9. The molecular formula is C26H24Cl2N2O7. The number of anilines is 2. The molecule has 3 fully saturated rings. The van der Waals surface area contributed by atoms with E-state index >= 15 is 0 Å². The van der Waals surface area contributed by atoms with Gasteiger partial charge in [-0.05, 0) is 48.6 Å². The highest BCUT2D eigenvalue weighted by Crippen LogP contribution is 2.59. The highest BCUT2D eigenvalue weighted by atomic mass is 35.5. The van der Waals surface area contributed by atoms with E-state index in [0.29, 0.717) is 23.6 Å². The number of nitrogens with one attached hydrogen (secondary N) is 1. The Hall–Kier alpha value is -3.30. The summed E-state index contributed by atoms with van der Waals surface area (Å²) in [7, 11) is 2.96. The summed E-state index contributed by atoms with van der Waals surface area (Å²) in [5.74, 6) is -2.35. The zero-order valence-corrected chi connectivity index (χ0v) is 21.5. The average molecular weight is 547 g/mol. The molecule has 3 aliphatic rings. The van der Waals surface area contributed by atoms with E-state index in [0.717, 1.165) is 4.90 Å². The summed E-state index contributed by atoms with van der Waals surface area (Å²) in [5.41, 5.74) is 0.747. The third-order valence-electron chi connectivity index (χ3n) is 7.34. The predicted molar refractivity (Wildman–Crippen MR) is 135 cm³/mol. The number of ether oxygens (including phenoxy) is 3. The number of halogens is 2. The van der Waals surface area contributed by atoms with E-state index in [4.69, 9.17) is 37.4 Å². The number of carbonyl (C=O) groups is 4. The summed E-state index contributed by atoms with van der Waals surface area (Å²) < 4.78 is 15.5. The number of benzene rings is 2. The van der Waals surface area contributed by atoms with Gasteiger partial charge in [-0.1, -0.05) is 6.07 Å². The third-order valence-corrected chi connectivity index (χ3v) is 8.66. The predicted octanol–water partition coefficient (Wildman–Crippen LogP) is 3.47. The van der Waals surface area contributed by atoms with Crippen LogP contribution in [0.3, 0.4) is 0 Å². The molecule has 2 aromatic carbocycles. The number of hydrogen-bond acceptors (Lipinski definition) is 7. The van der Waals surface area contributed by atoms with Gasteiger partial charge in [-0.2, -0.15) is 0 Å². The molecule has 1 N–H and O–H groups in total. The van der Waals surface area contributed by atoms with E-state index in [1.165, 1.54) is 26.4 Å². The molecule has 1 aliphatic heterocycles. The summed E-state index contributed by atoms with van der Waals surface area (Å²) in [5, 5.41) is 1.91. The molecule has 0 unspecified atom stereocenters. The Kier molecular flexibility index (Phi) is 6.76. The quantitative estimate of drug-likeness (QED) is 0.321. The van der Waals surface area contributed by atoms with E-state index in [1.54, 1.807) is 30.3 Å². The molecule has 9 nitrogen and oxygen atoms in total. The molecule has 1 heterocycles. The minimum absolute atomic E-state index is 0.0957.